The summed E-state index contributed by atoms with van der Waals surface area (Å²) in [5.74, 6) is -1.42. The van der Waals surface area contributed by atoms with Gasteiger partial charge in [-0.3, -0.25) is 4.79 Å². The number of anilines is 1. The second kappa shape index (κ2) is 5.29. The van der Waals surface area contributed by atoms with Crippen LogP contribution in [-0.2, 0) is 9.53 Å². The Morgan fingerprint density at radius 2 is 2.26 bits per heavy atom. The molecule has 100 valence electrons. The molecule has 1 aromatic rings. The number of aryl methyl sites for hydroxylation is 1. The average molecular weight is 260 g/mol. The van der Waals surface area contributed by atoms with E-state index in [1.165, 1.54) is 0 Å². The predicted octanol–water partition coefficient (Wildman–Crippen LogP) is 1.40. The number of hydrogen-bond acceptors (Lipinski definition) is 4. The minimum absolute atomic E-state index is 0.220. The quantitative estimate of drug-likeness (QED) is 0.889. The molecule has 1 saturated heterocycles. The van der Waals surface area contributed by atoms with Crippen LogP contribution in [-0.4, -0.2) is 37.4 Å². The van der Waals surface area contributed by atoms with Gasteiger partial charge in [0.2, 0.25) is 0 Å². The van der Waals surface area contributed by atoms with Crippen molar-refractivity contribution in [3.05, 3.63) is 29.3 Å². The van der Waals surface area contributed by atoms with Gasteiger partial charge in [0, 0.05) is 7.05 Å². The molecule has 2 atom stereocenters. The molecule has 0 aromatic heterocycles. The van der Waals surface area contributed by atoms with Crippen LogP contribution < -0.4 is 4.90 Å². The summed E-state index contributed by atoms with van der Waals surface area (Å²) in [6, 6.07) is 7.42. The zero-order valence-electron chi connectivity index (χ0n) is 11.0. The highest BCUT2D eigenvalue weighted by atomic mass is 16.5. The van der Waals surface area contributed by atoms with Gasteiger partial charge in [-0.2, -0.15) is 5.26 Å². The highest BCUT2D eigenvalue weighted by Crippen LogP contribution is 2.27. The van der Waals surface area contributed by atoms with E-state index in [4.69, 9.17) is 10.00 Å². The summed E-state index contributed by atoms with van der Waals surface area (Å²) >= 11 is 0. The van der Waals surface area contributed by atoms with Crippen LogP contribution in [0.15, 0.2) is 18.2 Å². The lowest BCUT2D eigenvalue weighted by Crippen LogP contribution is -2.41. The van der Waals surface area contributed by atoms with Crippen molar-refractivity contribution in [3.63, 3.8) is 0 Å². The summed E-state index contributed by atoms with van der Waals surface area (Å²) in [7, 11) is 1.81. The fourth-order valence-electron chi connectivity index (χ4n) is 2.37. The number of carboxylic acids is 1. The maximum Gasteiger partial charge on any atom is 0.311 e. The van der Waals surface area contributed by atoms with Gasteiger partial charge >= 0.3 is 5.97 Å². The highest BCUT2D eigenvalue weighted by Gasteiger charge is 2.37. The molecule has 0 saturated carbocycles. The van der Waals surface area contributed by atoms with E-state index in [1.54, 1.807) is 6.07 Å². The Labute approximate surface area is 112 Å². The number of aliphatic carboxylic acids is 1. The molecule has 0 amide bonds. The van der Waals surface area contributed by atoms with Gasteiger partial charge < -0.3 is 14.7 Å². The number of ether oxygens (including phenoxy) is 1. The SMILES string of the molecule is Cc1ccc(C#N)c(N(C)C2COCC2C(=O)O)c1. The standard InChI is InChI=1S/C14H16N2O3/c1-9-3-4-10(6-15)12(5-9)16(2)13-8-19-7-11(13)14(17)18/h3-5,11,13H,7-8H2,1-2H3,(H,17,18). The Hall–Kier alpha value is -2.06. The van der Waals surface area contributed by atoms with E-state index < -0.39 is 11.9 Å². The molecule has 0 bridgehead atoms. The molecule has 1 heterocycles. The number of benzene rings is 1. The largest absolute Gasteiger partial charge is 0.481 e. The lowest BCUT2D eigenvalue weighted by molar-refractivity contribution is -0.141. The molecule has 1 N–H and O–H groups in total. The van der Waals surface area contributed by atoms with Gasteiger partial charge in [-0.15, -0.1) is 0 Å². The Morgan fingerprint density at radius 3 is 2.89 bits per heavy atom. The number of hydrogen-bond donors (Lipinski definition) is 1. The zero-order valence-corrected chi connectivity index (χ0v) is 11.0. The zero-order chi connectivity index (χ0) is 14.0. The Morgan fingerprint density at radius 1 is 1.53 bits per heavy atom. The maximum absolute atomic E-state index is 11.2. The van der Waals surface area contributed by atoms with Gasteiger partial charge in [0.25, 0.3) is 0 Å². The van der Waals surface area contributed by atoms with E-state index >= 15 is 0 Å². The summed E-state index contributed by atoms with van der Waals surface area (Å²) in [5, 5.41) is 18.3. The predicted molar refractivity (Wildman–Crippen MR) is 70.0 cm³/mol. The van der Waals surface area contributed by atoms with Gasteiger partial charge in [-0.05, 0) is 24.6 Å². The third-order valence-electron chi connectivity index (χ3n) is 3.52. The monoisotopic (exact) mass is 260 g/mol. The van der Waals surface area contributed by atoms with Crippen molar-refractivity contribution in [2.75, 3.05) is 25.2 Å². The average Bonchev–Trinajstić information content (AvgIpc) is 2.87. The van der Waals surface area contributed by atoms with Gasteiger partial charge in [0.15, 0.2) is 0 Å². The minimum Gasteiger partial charge on any atom is -0.481 e. The lowest BCUT2D eigenvalue weighted by atomic mass is 10.0. The van der Waals surface area contributed by atoms with E-state index in [-0.39, 0.29) is 12.6 Å². The molecule has 5 nitrogen and oxygen atoms in total. The van der Waals surface area contributed by atoms with Crippen LogP contribution in [0.25, 0.3) is 0 Å². The third kappa shape index (κ3) is 2.54. The Balaban J connectivity index is 2.34. The van der Waals surface area contributed by atoms with Gasteiger partial charge in [0.05, 0.1) is 30.5 Å². The Kier molecular flexibility index (Phi) is 3.72. The van der Waals surface area contributed by atoms with Crippen LogP contribution in [0, 0.1) is 24.2 Å². The molecule has 1 fully saturated rings. The summed E-state index contributed by atoms with van der Waals surface area (Å²) in [6.45, 7) is 2.53. The molecule has 2 rings (SSSR count). The number of carbonyl (C=O) groups is 1. The summed E-state index contributed by atoms with van der Waals surface area (Å²) in [6.07, 6.45) is 0. The molecule has 5 heteroatoms. The fourth-order valence-corrected chi connectivity index (χ4v) is 2.37. The van der Waals surface area contributed by atoms with Crippen LogP contribution in [0.5, 0.6) is 0 Å². The van der Waals surface area contributed by atoms with Crippen molar-refractivity contribution in [3.8, 4) is 6.07 Å². The normalized spacial score (nSPS) is 21.9. The third-order valence-corrected chi connectivity index (χ3v) is 3.52. The van der Waals surface area contributed by atoms with E-state index in [9.17, 15) is 9.90 Å². The Bertz CT molecular complexity index is 536. The van der Waals surface area contributed by atoms with Crippen molar-refractivity contribution in [1.29, 1.82) is 5.26 Å². The van der Waals surface area contributed by atoms with Crippen LogP contribution in [0.1, 0.15) is 11.1 Å². The second-order valence-corrected chi connectivity index (χ2v) is 4.79. The summed E-state index contributed by atoms with van der Waals surface area (Å²) in [5.41, 5.74) is 2.33. The first kappa shape index (κ1) is 13.4. The van der Waals surface area contributed by atoms with Crippen LogP contribution in [0.2, 0.25) is 0 Å². The van der Waals surface area contributed by atoms with Crippen molar-refractivity contribution in [2.24, 2.45) is 5.92 Å². The first-order valence-electron chi connectivity index (χ1n) is 6.08. The number of nitrogens with zero attached hydrogens (tertiary/aromatic N) is 2. The van der Waals surface area contributed by atoms with Crippen molar-refractivity contribution >= 4 is 11.7 Å². The lowest BCUT2D eigenvalue weighted by Gasteiger charge is -2.29. The fraction of sp³-hybridized carbons (Fsp3) is 0.429. The molecule has 2 unspecified atom stereocenters. The maximum atomic E-state index is 11.2. The van der Waals surface area contributed by atoms with E-state index in [1.807, 2.05) is 31.0 Å². The smallest absolute Gasteiger partial charge is 0.311 e. The van der Waals surface area contributed by atoms with Crippen molar-refractivity contribution in [2.45, 2.75) is 13.0 Å². The number of nitriles is 1. The molecule has 0 aliphatic carbocycles. The second-order valence-electron chi connectivity index (χ2n) is 4.79. The highest BCUT2D eigenvalue weighted by molar-refractivity contribution is 5.73. The molecule has 1 aliphatic rings. The first-order chi connectivity index (χ1) is 9.04. The van der Waals surface area contributed by atoms with Gasteiger partial charge in [0.1, 0.15) is 12.0 Å². The van der Waals surface area contributed by atoms with Crippen molar-refractivity contribution < 1.29 is 14.6 Å². The number of rotatable bonds is 3. The van der Waals surface area contributed by atoms with E-state index in [2.05, 4.69) is 6.07 Å². The molecule has 1 aliphatic heterocycles. The first-order valence-corrected chi connectivity index (χ1v) is 6.08. The van der Waals surface area contributed by atoms with Gasteiger partial charge in [-0.1, -0.05) is 6.07 Å². The van der Waals surface area contributed by atoms with Crippen LogP contribution >= 0.6 is 0 Å². The van der Waals surface area contributed by atoms with Crippen LogP contribution in [0.3, 0.4) is 0 Å². The number of likely N-dealkylation sites (N-methyl/N-ethyl adjacent to an activating group) is 1. The van der Waals surface area contributed by atoms with Gasteiger partial charge in [-0.25, -0.2) is 0 Å². The van der Waals surface area contributed by atoms with E-state index in [0.717, 1.165) is 11.3 Å². The molecule has 1 aromatic carbocycles. The number of carboxylic acid groups (broad SMARTS) is 1. The molecule has 0 spiro atoms. The van der Waals surface area contributed by atoms with Crippen molar-refractivity contribution in [1.82, 2.24) is 0 Å². The van der Waals surface area contributed by atoms with Crippen LogP contribution in [0.4, 0.5) is 5.69 Å². The molecule has 19 heavy (non-hydrogen) atoms. The topological polar surface area (TPSA) is 73.6 Å². The molecular weight excluding hydrogens is 244 g/mol. The summed E-state index contributed by atoms with van der Waals surface area (Å²) in [4.78, 5) is 13.0. The molecular formula is C14H16N2O3. The van der Waals surface area contributed by atoms with E-state index in [0.29, 0.717) is 12.2 Å². The molecule has 0 radical (unpaired) electrons. The summed E-state index contributed by atoms with van der Waals surface area (Å²) < 4.78 is 5.27. The minimum atomic E-state index is -0.861.